The van der Waals surface area contributed by atoms with Crippen LogP contribution in [0.25, 0.3) is 0 Å². The molecular weight excluding hydrogens is 356 g/mol. The molecule has 2 amide bonds. The fourth-order valence-electron chi connectivity index (χ4n) is 2.81. The van der Waals surface area contributed by atoms with E-state index in [0.717, 1.165) is 24.2 Å². The van der Waals surface area contributed by atoms with Crippen LogP contribution in [-0.4, -0.2) is 36.5 Å². The van der Waals surface area contributed by atoms with E-state index in [9.17, 15) is 14.4 Å². The molecule has 0 bridgehead atoms. The molecule has 2 aromatic rings. The van der Waals surface area contributed by atoms with E-state index in [-0.39, 0.29) is 10.8 Å². The zero-order valence-corrected chi connectivity index (χ0v) is 15.0. The van der Waals surface area contributed by atoms with Crippen molar-refractivity contribution in [2.75, 3.05) is 23.9 Å². The number of rotatable bonds is 5. The molecule has 0 aliphatic carbocycles. The van der Waals surface area contributed by atoms with Crippen LogP contribution < -0.4 is 15.0 Å². The number of nitrogens with one attached hydrogen (secondary N) is 1. The number of thiophene rings is 1. The van der Waals surface area contributed by atoms with Crippen molar-refractivity contribution in [1.29, 1.82) is 0 Å². The number of nitrogens with zero attached hydrogens (tertiary/aromatic N) is 1. The van der Waals surface area contributed by atoms with Gasteiger partial charge in [-0.3, -0.25) is 9.59 Å². The Bertz CT molecular complexity index is 861. The van der Waals surface area contributed by atoms with Crippen molar-refractivity contribution in [3.8, 4) is 5.75 Å². The molecule has 1 aliphatic rings. The number of carbonyl (C=O) groups excluding carboxylic acids is 2. The number of ether oxygens (including phenoxy) is 1. The van der Waals surface area contributed by atoms with Gasteiger partial charge in [-0.2, -0.15) is 0 Å². The van der Waals surface area contributed by atoms with Gasteiger partial charge in [0.2, 0.25) is 5.91 Å². The molecule has 3 rings (SSSR count). The fraction of sp³-hybridized carbons (Fsp3) is 0.278. The van der Waals surface area contributed by atoms with Gasteiger partial charge in [0.1, 0.15) is 10.6 Å². The molecule has 2 heterocycles. The van der Waals surface area contributed by atoms with Gasteiger partial charge in [-0.15, -0.1) is 11.3 Å². The fourth-order valence-corrected chi connectivity index (χ4v) is 3.55. The molecular formula is C18H18N2O5S. The van der Waals surface area contributed by atoms with Crippen LogP contribution >= 0.6 is 11.3 Å². The van der Waals surface area contributed by atoms with Crippen molar-refractivity contribution in [3.63, 3.8) is 0 Å². The minimum Gasteiger partial charge on any atom is -0.495 e. The molecule has 0 saturated carbocycles. The van der Waals surface area contributed by atoms with Gasteiger partial charge in [0, 0.05) is 18.7 Å². The summed E-state index contributed by atoms with van der Waals surface area (Å²) in [5.74, 6) is -0.877. The second kappa shape index (κ2) is 7.57. The number of piperidine rings is 1. The Morgan fingerprint density at radius 3 is 2.62 bits per heavy atom. The standard InChI is InChI=1S/C18H18N2O5S/c1-25-13-6-5-11(10-12(13)20-9-3-2-4-16(20)21)19-17(22)14-7-8-15(26-14)18(23)24/h5-8,10H,2-4,9H2,1H3,(H,19,22)(H,23,24). The number of anilines is 2. The van der Waals surface area contributed by atoms with Gasteiger partial charge in [-0.1, -0.05) is 0 Å². The van der Waals surface area contributed by atoms with Crippen LogP contribution in [0.15, 0.2) is 30.3 Å². The molecule has 26 heavy (non-hydrogen) atoms. The Labute approximate surface area is 154 Å². The van der Waals surface area contributed by atoms with Crippen molar-refractivity contribution in [1.82, 2.24) is 0 Å². The predicted molar refractivity (Wildman–Crippen MR) is 98.4 cm³/mol. The van der Waals surface area contributed by atoms with Crippen molar-refractivity contribution >= 4 is 40.5 Å². The lowest BCUT2D eigenvalue weighted by Crippen LogP contribution is -2.35. The summed E-state index contributed by atoms with van der Waals surface area (Å²) in [6.45, 7) is 0.611. The number of benzene rings is 1. The van der Waals surface area contributed by atoms with Crippen LogP contribution in [0, 0.1) is 0 Å². The molecule has 136 valence electrons. The van der Waals surface area contributed by atoms with Crippen LogP contribution in [0.1, 0.15) is 38.6 Å². The minimum absolute atomic E-state index is 0.0300. The van der Waals surface area contributed by atoms with Gasteiger partial charge in [-0.25, -0.2) is 4.79 Å². The molecule has 1 aromatic carbocycles. The molecule has 2 N–H and O–H groups in total. The first kappa shape index (κ1) is 17.9. The van der Waals surface area contributed by atoms with Crippen molar-refractivity contribution in [2.24, 2.45) is 0 Å². The van der Waals surface area contributed by atoms with E-state index in [1.807, 2.05) is 0 Å². The molecule has 1 aromatic heterocycles. The second-order valence-corrected chi connectivity index (χ2v) is 6.90. The molecule has 8 heteroatoms. The van der Waals surface area contributed by atoms with E-state index in [4.69, 9.17) is 9.84 Å². The first-order chi connectivity index (χ1) is 12.5. The molecule has 1 fully saturated rings. The van der Waals surface area contributed by atoms with Crippen LogP contribution in [0.4, 0.5) is 11.4 Å². The zero-order valence-electron chi connectivity index (χ0n) is 14.2. The number of methoxy groups -OCH3 is 1. The van der Waals surface area contributed by atoms with Crippen LogP contribution in [0.3, 0.4) is 0 Å². The van der Waals surface area contributed by atoms with Crippen molar-refractivity contribution < 1.29 is 24.2 Å². The summed E-state index contributed by atoms with van der Waals surface area (Å²) in [4.78, 5) is 37.6. The van der Waals surface area contributed by atoms with Crippen LogP contribution in [0.5, 0.6) is 5.75 Å². The monoisotopic (exact) mass is 374 g/mol. The van der Waals surface area contributed by atoms with Gasteiger partial charge in [0.25, 0.3) is 5.91 Å². The normalized spacial score (nSPS) is 14.2. The summed E-state index contributed by atoms with van der Waals surface area (Å²) >= 11 is 0.908. The quantitative estimate of drug-likeness (QED) is 0.838. The topological polar surface area (TPSA) is 95.9 Å². The number of aromatic carboxylic acids is 1. The SMILES string of the molecule is COc1ccc(NC(=O)c2ccc(C(=O)O)s2)cc1N1CCCCC1=O. The third-order valence-corrected chi connectivity index (χ3v) is 5.16. The molecule has 1 aliphatic heterocycles. The van der Waals surface area contributed by atoms with Gasteiger partial charge in [0.05, 0.1) is 17.7 Å². The summed E-state index contributed by atoms with van der Waals surface area (Å²) in [7, 11) is 1.53. The number of hydrogen-bond donors (Lipinski definition) is 2. The van der Waals surface area contributed by atoms with Crippen molar-refractivity contribution in [2.45, 2.75) is 19.3 Å². The van der Waals surface area contributed by atoms with Gasteiger partial charge in [0.15, 0.2) is 0 Å². The highest BCUT2D eigenvalue weighted by molar-refractivity contribution is 7.15. The third kappa shape index (κ3) is 3.70. The van der Waals surface area contributed by atoms with Gasteiger partial charge >= 0.3 is 5.97 Å². The average molecular weight is 374 g/mol. The summed E-state index contributed by atoms with van der Waals surface area (Å²) in [6, 6.07) is 7.95. The maximum absolute atomic E-state index is 12.4. The summed E-state index contributed by atoms with van der Waals surface area (Å²) in [5, 5.41) is 11.7. The second-order valence-electron chi connectivity index (χ2n) is 5.81. The predicted octanol–water partition coefficient (Wildman–Crippen LogP) is 3.22. The Kier molecular flexibility index (Phi) is 5.22. The Morgan fingerprint density at radius 2 is 1.96 bits per heavy atom. The van der Waals surface area contributed by atoms with E-state index >= 15 is 0 Å². The Balaban J connectivity index is 1.83. The summed E-state index contributed by atoms with van der Waals surface area (Å²) in [6.07, 6.45) is 2.28. The van der Waals surface area contributed by atoms with E-state index < -0.39 is 11.9 Å². The molecule has 7 nitrogen and oxygen atoms in total. The highest BCUT2D eigenvalue weighted by Crippen LogP contribution is 2.34. The Hall–Kier alpha value is -2.87. The minimum atomic E-state index is -1.07. The van der Waals surface area contributed by atoms with E-state index in [2.05, 4.69) is 5.32 Å². The maximum Gasteiger partial charge on any atom is 0.345 e. The maximum atomic E-state index is 12.4. The van der Waals surface area contributed by atoms with Crippen LogP contribution in [-0.2, 0) is 4.79 Å². The molecule has 0 spiro atoms. The van der Waals surface area contributed by atoms with Gasteiger partial charge < -0.3 is 20.1 Å². The Morgan fingerprint density at radius 1 is 1.19 bits per heavy atom. The number of carboxylic acid groups (broad SMARTS) is 1. The number of carbonyl (C=O) groups is 3. The molecule has 0 radical (unpaired) electrons. The van der Waals surface area contributed by atoms with E-state index in [1.165, 1.54) is 19.2 Å². The summed E-state index contributed by atoms with van der Waals surface area (Å²) in [5.41, 5.74) is 1.13. The first-order valence-electron chi connectivity index (χ1n) is 8.12. The molecule has 0 unspecified atom stereocenters. The van der Waals surface area contributed by atoms with E-state index in [1.54, 1.807) is 23.1 Å². The zero-order chi connectivity index (χ0) is 18.7. The first-order valence-corrected chi connectivity index (χ1v) is 8.94. The number of carboxylic acids is 1. The lowest BCUT2D eigenvalue weighted by molar-refractivity contribution is -0.119. The third-order valence-electron chi connectivity index (χ3n) is 4.09. The average Bonchev–Trinajstić information content (AvgIpc) is 3.13. The van der Waals surface area contributed by atoms with Crippen LogP contribution in [0.2, 0.25) is 0 Å². The molecule has 1 saturated heterocycles. The highest BCUT2D eigenvalue weighted by atomic mass is 32.1. The summed E-state index contributed by atoms with van der Waals surface area (Å²) < 4.78 is 5.35. The van der Waals surface area contributed by atoms with Crippen molar-refractivity contribution in [3.05, 3.63) is 40.1 Å². The van der Waals surface area contributed by atoms with E-state index in [0.29, 0.717) is 35.0 Å². The number of hydrogen-bond acceptors (Lipinski definition) is 5. The lowest BCUT2D eigenvalue weighted by atomic mass is 10.1. The lowest BCUT2D eigenvalue weighted by Gasteiger charge is -2.28. The van der Waals surface area contributed by atoms with Gasteiger partial charge in [-0.05, 0) is 43.2 Å². The smallest absolute Gasteiger partial charge is 0.345 e. The number of amides is 2. The molecule has 0 atom stereocenters. The largest absolute Gasteiger partial charge is 0.495 e. The highest BCUT2D eigenvalue weighted by Gasteiger charge is 2.23.